The molecule has 2 rings (SSSR count). The molecule has 0 aromatic heterocycles. The van der Waals surface area contributed by atoms with Crippen molar-refractivity contribution in [2.45, 2.75) is 26.2 Å². The number of aryl methyl sites for hydroxylation is 1. The zero-order valence-corrected chi connectivity index (χ0v) is 13.7. The Balaban J connectivity index is 2.08. The lowest BCUT2D eigenvalue weighted by atomic mass is 10.0. The van der Waals surface area contributed by atoms with Crippen LogP contribution >= 0.6 is 0 Å². The molecule has 4 heteroatoms. The number of allylic oxidation sites excluding steroid dienone is 2. The van der Waals surface area contributed by atoms with Crippen LogP contribution in [0.3, 0.4) is 0 Å². The standard InChI is InChI=1S/C20H21F3O/c1-2-24-18-13-12-17(19(22)20(18)23)16-10-8-15(9-11-16)7-5-3-4-6-14-21/h4,6,8-13H,2-3,5,7,14H2,1H3. The topological polar surface area (TPSA) is 9.23 Å². The fraction of sp³-hybridized carbons (Fsp3) is 0.300. The molecule has 0 unspecified atom stereocenters. The summed E-state index contributed by atoms with van der Waals surface area (Å²) >= 11 is 0. The van der Waals surface area contributed by atoms with Crippen LogP contribution in [0.5, 0.6) is 5.75 Å². The second kappa shape index (κ2) is 9.16. The number of unbranched alkanes of at least 4 members (excludes halogenated alkanes) is 1. The van der Waals surface area contributed by atoms with Crippen molar-refractivity contribution in [2.75, 3.05) is 13.3 Å². The van der Waals surface area contributed by atoms with Gasteiger partial charge in [-0.15, -0.1) is 0 Å². The lowest BCUT2D eigenvalue weighted by Gasteiger charge is -2.10. The molecule has 0 bridgehead atoms. The van der Waals surface area contributed by atoms with Gasteiger partial charge in [0.2, 0.25) is 5.82 Å². The van der Waals surface area contributed by atoms with Crippen molar-refractivity contribution in [3.05, 3.63) is 65.7 Å². The van der Waals surface area contributed by atoms with Crippen molar-refractivity contribution in [1.82, 2.24) is 0 Å². The summed E-state index contributed by atoms with van der Waals surface area (Å²) in [6, 6.07) is 10.3. The molecule has 0 amide bonds. The zero-order chi connectivity index (χ0) is 17.4. The first-order valence-electron chi connectivity index (χ1n) is 8.08. The molecule has 1 nitrogen and oxygen atoms in total. The van der Waals surface area contributed by atoms with Gasteiger partial charge in [-0.1, -0.05) is 36.4 Å². The minimum atomic E-state index is -0.960. The first-order chi connectivity index (χ1) is 11.7. The second-order valence-corrected chi connectivity index (χ2v) is 5.39. The summed E-state index contributed by atoms with van der Waals surface area (Å²) in [6.07, 6.45) is 5.93. The van der Waals surface area contributed by atoms with E-state index in [1.807, 2.05) is 18.2 Å². The Morgan fingerprint density at radius 2 is 1.71 bits per heavy atom. The van der Waals surface area contributed by atoms with E-state index in [9.17, 15) is 13.2 Å². The lowest BCUT2D eigenvalue weighted by Crippen LogP contribution is -1.98. The summed E-state index contributed by atoms with van der Waals surface area (Å²) in [5.74, 6) is -1.93. The highest BCUT2D eigenvalue weighted by atomic mass is 19.2. The Kier molecular flexibility index (Phi) is 6.91. The Hall–Kier alpha value is -2.23. The molecule has 0 aliphatic carbocycles. The molecule has 0 N–H and O–H groups in total. The minimum Gasteiger partial charge on any atom is -0.491 e. The normalized spacial score (nSPS) is 11.2. The van der Waals surface area contributed by atoms with E-state index in [-0.39, 0.29) is 17.9 Å². The fourth-order valence-electron chi connectivity index (χ4n) is 2.48. The van der Waals surface area contributed by atoms with Crippen molar-refractivity contribution >= 4 is 0 Å². The molecule has 0 saturated heterocycles. The third-order valence-corrected chi connectivity index (χ3v) is 3.70. The van der Waals surface area contributed by atoms with Crippen LogP contribution < -0.4 is 4.74 Å². The predicted octanol–water partition coefficient (Wildman–Crippen LogP) is 5.88. The molecule has 24 heavy (non-hydrogen) atoms. The Labute approximate surface area is 140 Å². The number of halogens is 3. The Bertz CT molecular complexity index is 678. The molecule has 0 saturated carbocycles. The molecule has 2 aromatic rings. The predicted molar refractivity (Wildman–Crippen MR) is 91.0 cm³/mol. The maximum Gasteiger partial charge on any atom is 0.201 e. The van der Waals surface area contributed by atoms with Crippen LogP contribution in [0.25, 0.3) is 11.1 Å². The molecule has 128 valence electrons. The first kappa shape index (κ1) is 18.1. The largest absolute Gasteiger partial charge is 0.491 e. The second-order valence-electron chi connectivity index (χ2n) is 5.39. The number of benzene rings is 2. The smallest absolute Gasteiger partial charge is 0.201 e. The van der Waals surface area contributed by atoms with Crippen molar-refractivity contribution in [3.63, 3.8) is 0 Å². The summed E-state index contributed by atoms with van der Waals surface area (Å²) in [5.41, 5.74) is 1.95. The van der Waals surface area contributed by atoms with E-state index in [0.29, 0.717) is 5.56 Å². The van der Waals surface area contributed by atoms with Gasteiger partial charge in [0.15, 0.2) is 11.6 Å². The van der Waals surface area contributed by atoms with E-state index >= 15 is 0 Å². The number of hydrogen-bond acceptors (Lipinski definition) is 1. The van der Waals surface area contributed by atoms with Crippen LogP contribution in [-0.2, 0) is 6.42 Å². The maximum absolute atomic E-state index is 14.2. The van der Waals surface area contributed by atoms with E-state index in [0.717, 1.165) is 24.8 Å². The van der Waals surface area contributed by atoms with Gasteiger partial charge in [0.25, 0.3) is 0 Å². The summed E-state index contributed by atoms with van der Waals surface area (Å²) in [5, 5.41) is 0. The van der Waals surface area contributed by atoms with Gasteiger partial charge in [-0.3, -0.25) is 0 Å². The average Bonchev–Trinajstić information content (AvgIpc) is 2.60. The van der Waals surface area contributed by atoms with Gasteiger partial charge in [0.1, 0.15) is 6.67 Å². The van der Waals surface area contributed by atoms with Crippen molar-refractivity contribution < 1.29 is 17.9 Å². The summed E-state index contributed by atoms with van der Waals surface area (Å²) in [6.45, 7) is 1.57. The van der Waals surface area contributed by atoms with Gasteiger partial charge in [-0.25, -0.2) is 8.78 Å². The molecule has 0 atom stereocenters. The quantitative estimate of drug-likeness (QED) is 0.433. The number of hydrogen-bond donors (Lipinski definition) is 0. The van der Waals surface area contributed by atoms with Crippen LogP contribution in [0.15, 0.2) is 48.6 Å². The third-order valence-electron chi connectivity index (χ3n) is 3.70. The fourth-order valence-corrected chi connectivity index (χ4v) is 2.48. The SMILES string of the molecule is CCOc1ccc(-c2ccc(CCCC=CCF)cc2)c(F)c1F. The van der Waals surface area contributed by atoms with Gasteiger partial charge in [0.05, 0.1) is 6.61 Å². The van der Waals surface area contributed by atoms with Crippen LogP contribution in [0.1, 0.15) is 25.3 Å². The molecule has 0 radical (unpaired) electrons. The molecular weight excluding hydrogens is 313 g/mol. The van der Waals surface area contributed by atoms with Crippen LogP contribution in [-0.4, -0.2) is 13.3 Å². The molecular formula is C20H21F3O. The van der Waals surface area contributed by atoms with Crippen LogP contribution in [0, 0.1) is 11.6 Å². The van der Waals surface area contributed by atoms with Gasteiger partial charge in [-0.05, 0) is 49.4 Å². The number of alkyl halides is 1. The van der Waals surface area contributed by atoms with Crippen molar-refractivity contribution in [3.8, 4) is 16.9 Å². The van der Waals surface area contributed by atoms with E-state index in [1.165, 1.54) is 18.2 Å². The zero-order valence-electron chi connectivity index (χ0n) is 13.7. The molecule has 0 fully saturated rings. The molecule has 0 spiro atoms. The van der Waals surface area contributed by atoms with Gasteiger partial charge < -0.3 is 4.74 Å². The van der Waals surface area contributed by atoms with Crippen LogP contribution in [0.4, 0.5) is 13.2 Å². The van der Waals surface area contributed by atoms with E-state index < -0.39 is 18.3 Å². The van der Waals surface area contributed by atoms with Gasteiger partial charge >= 0.3 is 0 Å². The van der Waals surface area contributed by atoms with Gasteiger partial charge in [0, 0.05) is 5.56 Å². The summed E-state index contributed by atoms with van der Waals surface area (Å²) in [7, 11) is 0. The minimum absolute atomic E-state index is 0.0725. The Morgan fingerprint density at radius 3 is 2.38 bits per heavy atom. The maximum atomic E-state index is 14.2. The third kappa shape index (κ3) is 4.63. The first-order valence-corrected chi connectivity index (χ1v) is 8.08. The average molecular weight is 334 g/mol. The molecule has 0 aliphatic rings. The highest BCUT2D eigenvalue weighted by Crippen LogP contribution is 2.30. The molecule has 0 heterocycles. The molecule has 2 aromatic carbocycles. The number of rotatable bonds is 8. The van der Waals surface area contributed by atoms with Crippen molar-refractivity contribution in [2.24, 2.45) is 0 Å². The van der Waals surface area contributed by atoms with Gasteiger partial charge in [-0.2, -0.15) is 4.39 Å². The number of ether oxygens (including phenoxy) is 1. The highest BCUT2D eigenvalue weighted by molar-refractivity contribution is 5.65. The monoisotopic (exact) mass is 334 g/mol. The molecule has 0 aliphatic heterocycles. The summed E-state index contributed by atoms with van der Waals surface area (Å²) in [4.78, 5) is 0. The highest BCUT2D eigenvalue weighted by Gasteiger charge is 2.15. The lowest BCUT2D eigenvalue weighted by molar-refractivity contribution is 0.314. The van der Waals surface area contributed by atoms with E-state index in [1.54, 1.807) is 19.1 Å². The Morgan fingerprint density at radius 1 is 0.958 bits per heavy atom. The van der Waals surface area contributed by atoms with E-state index in [2.05, 4.69) is 0 Å². The van der Waals surface area contributed by atoms with Crippen LogP contribution in [0.2, 0.25) is 0 Å². The summed E-state index contributed by atoms with van der Waals surface area (Å²) < 4.78 is 45.1. The van der Waals surface area contributed by atoms with Crippen molar-refractivity contribution in [1.29, 1.82) is 0 Å². The van der Waals surface area contributed by atoms with E-state index in [4.69, 9.17) is 4.74 Å².